The van der Waals surface area contributed by atoms with Crippen molar-refractivity contribution < 1.29 is 9.18 Å². The van der Waals surface area contributed by atoms with Gasteiger partial charge in [-0.25, -0.2) is 14.4 Å². The van der Waals surface area contributed by atoms with Gasteiger partial charge >= 0.3 is 0 Å². The van der Waals surface area contributed by atoms with Crippen molar-refractivity contribution in [3.05, 3.63) is 71.4 Å². The van der Waals surface area contributed by atoms with Crippen molar-refractivity contribution in [1.29, 1.82) is 0 Å². The molecule has 2 aromatic carbocycles. The Balaban J connectivity index is 1.26. The maximum atomic E-state index is 13.2. The summed E-state index contributed by atoms with van der Waals surface area (Å²) in [6.07, 6.45) is 5.12. The first-order chi connectivity index (χ1) is 15.5. The zero-order valence-electron chi connectivity index (χ0n) is 17.9. The van der Waals surface area contributed by atoms with E-state index < -0.39 is 0 Å². The number of carbonyl (C=O) groups excluding carboxylic acids is 1. The second kappa shape index (κ2) is 7.02. The minimum absolute atomic E-state index is 0.0687. The fourth-order valence-electron chi connectivity index (χ4n) is 5.15. The fraction of sp³-hybridized carbons (Fsp3) is 0.320. The normalized spacial score (nSPS) is 18.8. The molecule has 1 amide bonds. The van der Waals surface area contributed by atoms with Crippen LogP contribution in [0.25, 0.3) is 11.1 Å². The Bertz CT molecular complexity index is 1220. The first kappa shape index (κ1) is 19.2. The molecule has 0 saturated heterocycles. The average molecular weight is 429 g/mol. The van der Waals surface area contributed by atoms with Gasteiger partial charge in [0.05, 0.1) is 12.1 Å². The van der Waals surface area contributed by atoms with Crippen LogP contribution in [0, 0.1) is 5.82 Å². The van der Waals surface area contributed by atoms with Gasteiger partial charge in [0.2, 0.25) is 5.96 Å². The summed E-state index contributed by atoms with van der Waals surface area (Å²) in [6.45, 7) is 0.795. The number of fused-ring (bicyclic) bond motifs is 3. The van der Waals surface area contributed by atoms with Gasteiger partial charge in [-0.2, -0.15) is 0 Å². The van der Waals surface area contributed by atoms with E-state index in [0.29, 0.717) is 17.9 Å². The molecule has 0 atom stereocenters. The Labute approximate surface area is 185 Å². The number of nitrogens with zero attached hydrogens (tertiary/aromatic N) is 4. The van der Waals surface area contributed by atoms with E-state index in [1.807, 2.05) is 24.3 Å². The third kappa shape index (κ3) is 3.03. The van der Waals surface area contributed by atoms with Crippen LogP contribution < -0.4 is 4.90 Å². The second-order valence-corrected chi connectivity index (χ2v) is 9.06. The van der Waals surface area contributed by atoms with E-state index in [4.69, 9.17) is 9.98 Å². The molecule has 1 spiro atoms. The summed E-state index contributed by atoms with van der Waals surface area (Å²) >= 11 is 0. The van der Waals surface area contributed by atoms with Gasteiger partial charge < -0.3 is 4.98 Å². The molecule has 3 aliphatic rings. The number of benzene rings is 2. The number of aliphatic imine (C=N–C) groups is 1. The molecule has 0 unspecified atom stereocenters. The topological polar surface area (TPSA) is 64.6 Å². The lowest BCUT2D eigenvalue weighted by atomic mass is 9.99. The van der Waals surface area contributed by atoms with Gasteiger partial charge in [0.1, 0.15) is 17.3 Å². The summed E-state index contributed by atoms with van der Waals surface area (Å²) in [5.74, 6) is 1.87. The molecule has 162 valence electrons. The SMILES string of the molecule is CN1C(=O)c2[nH]c(Cc3ccc(-c4ccc(F)cc4)cc3)nc2N2CC3(CCCC3)N=C12. The minimum atomic E-state index is -0.239. The number of H-pyrrole nitrogens is 1. The molecule has 0 radical (unpaired) electrons. The number of guanidine groups is 1. The molecule has 32 heavy (non-hydrogen) atoms. The molecule has 1 aromatic heterocycles. The maximum Gasteiger partial charge on any atom is 0.280 e. The van der Waals surface area contributed by atoms with Gasteiger partial charge in [-0.05, 0) is 41.7 Å². The van der Waals surface area contributed by atoms with Crippen molar-refractivity contribution in [3.63, 3.8) is 0 Å². The van der Waals surface area contributed by atoms with E-state index in [2.05, 4.69) is 9.88 Å². The molecule has 6 rings (SSSR count). The summed E-state index contributed by atoms with van der Waals surface area (Å²) < 4.78 is 13.2. The Kier molecular flexibility index (Phi) is 4.22. The molecule has 6 nitrogen and oxygen atoms in total. The van der Waals surface area contributed by atoms with E-state index in [9.17, 15) is 9.18 Å². The van der Waals surface area contributed by atoms with Crippen LogP contribution in [-0.4, -0.2) is 45.9 Å². The highest BCUT2D eigenvalue weighted by molar-refractivity contribution is 6.17. The third-order valence-electron chi connectivity index (χ3n) is 6.88. The molecular formula is C25H24FN5O. The zero-order chi connectivity index (χ0) is 21.9. The number of aromatic amines is 1. The van der Waals surface area contributed by atoms with Crippen molar-refractivity contribution in [2.75, 3.05) is 18.5 Å². The number of hydrogen-bond donors (Lipinski definition) is 1. The van der Waals surface area contributed by atoms with Crippen molar-refractivity contribution in [2.45, 2.75) is 37.6 Å². The second-order valence-electron chi connectivity index (χ2n) is 9.06. The predicted octanol–water partition coefficient (Wildman–Crippen LogP) is 4.38. The molecule has 1 N–H and O–H groups in total. The first-order valence-electron chi connectivity index (χ1n) is 11.1. The molecule has 7 heteroatoms. The minimum Gasteiger partial charge on any atom is -0.336 e. The van der Waals surface area contributed by atoms with E-state index in [1.54, 1.807) is 24.1 Å². The highest BCUT2D eigenvalue weighted by atomic mass is 19.1. The van der Waals surface area contributed by atoms with Gasteiger partial charge in [0.25, 0.3) is 5.91 Å². The number of anilines is 1. The van der Waals surface area contributed by atoms with Crippen LogP contribution in [0.1, 0.15) is 47.6 Å². The molecular weight excluding hydrogens is 405 g/mol. The highest BCUT2D eigenvalue weighted by Gasteiger charge is 2.48. The van der Waals surface area contributed by atoms with E-state index in [-0.39, 0.29) is 17.3 Å². The molecule has 2 aliphatic heterocycles. The first-order valence-corrected chi connectivity index (χ1v) is 11.1. The van der Waals surface area contributed by atoms with Crippen LogP contribution in [-0.2, 0) is 6.42 Å². The fourth-order valence-corrected chi connectivity index (χ4v) is 5.15. The van der Waals surface area contributed by atoms with Crippen molar-refractivity contribution in [3.8, 4) is 11.1 Å². The van der Waals surface area contributed by atoms with Crippen molar-refractivity contribution >= 4 is 17.7 Å². The van der Waals surface area contributed by atoms with Crippen LogP contribution in [0.15, 0.2) is 53.5 Å². The van der Waals surface area contributed by atoms with Crippen LogP contribution in [0.3, 0.4) is 0 Å². The summed E-state index contributed by atoms with van der Waals surface area (Å²) in [7, 11) is 1.79. The van der Waals surface area contributed by atoms with Crippen LogP contribution >= 0.6 is 0 Å². The van der Waals surface area contributed by atoms with Crippen molar-refractivity contribution in [2.24, 2.45) is 4.99 Å². The number of hydrogen-bond acceptors (Lipinski definition) is 4. The van der Waals surface area contributed by atoms with E-state index in [0.717, 1.165) is 47.9 Å². The number of amides is 1. The number of imidazole rings is 1. The summed E-state index contributed by atoms with van der Waals surface area (Å²) in [4.78, 5) is 29.8. The molecule has 0 bridgehead atoms. The standard InChI is InChI=1S/C25H24FN5O/c1-30-23(32)21-22(31-15-25(29-24(30)31)12-2-3-13-25)28-20(27-21)14-16-4-6-17(7-5-16)18-8-10-19(26)11-9-18/h4-11H,2-3,12-15H2,1H3,(H,27,28). The Morgan fingerprint density at radius 3 is 2.38 bits per heavy atom. The molecule has 1 aliphatic carbocycles. The summed E-state index contributed by atoms with van der Waals surface area (Å²) in [5, 5.41) is 0. The number of rotatable bonds is 3. The van der Waals surface area contributed by atoms with Gasteiger partial charge in [-0.15, -0.1) is 0 Å². The lowest BCUT2D eigenvalue weighted by molar-refractivity contribution is 0.0860. The van der Waals surface area contributed by atoms with Gasteiger partial charge in [-0.3, -0.25) is 14.6 Å². The Morgan fingerprint density at radius 1 is 1.03 bits per heavy atom. The summed E-state index contributed by atoms with van der Waals surface area (Å²) in [5.41, 5.74) is 3.57. The van der Waals surface area contributed by atoms with Crippen LogP contribution in [0.2, 0.25) is 0 Å². The van der Waals surface area contributed by atoms with Crippen molar-refractivity contribution in [1.82, 2.24) is 14.9 Å². The largest absolute Gasteiger partial charge is 0.336 e. The molecule has 1 fully saturated rings. The quantitative estimate of drug-likeness (QED) is 0.672. The molecule has 1 saturated carbocycles. The van der Waals surface area contributed by atoms with Gasteiger partial charge in [-0.1, -0.05) is 49.2 Å². The number of nitrogens with one attached hydrogen (secondary N) is 1. The highest BCUT2D eigenvalue weighted by Crippen LogP contribution is 2.41. The molecule has 3 heterocycles. The number of aromatic nitrogens is 2. The number of halogens is 1. The zero-order valence-corrected chi connectivity index (χ0v) is 17.9. The molecule has 3 aromatic rings. The van der Waals surface area contributed by atoms with E-state index >= 15 is 0 Å². The average Bonchev–Trinajstić information content (AvgIpc) is 3.53. The van der Waals surface area contributed by atoms with Gasteiger partial charge in [0, 0.05) is 13.5 Å². The maximum absolute atomic E-state index is 13.2. The lowest BCUT2D eigenvalue weighted by Crippen LogP contribution is -2.48. The third-order valence-corrected chi connectivity index (χ3v) is 6.88. The lowest BCUT2D eigenvalue weighted by Gasteiger charge is -2.30. The van der Waals surface area contributed by atoms with E-state index in [1.165, 1.54) is 25.0 Å². The monoisotopic (exact) mass is 429 g/mol. The Hall–Kier alpha value is -3.48. The smallest absolute Gasteiger partial charge is 0.280 e. The predicted molar refractivity (Wildman–Crippen MR) is 121 cm³/mol. The van der Waals surface area contributed by atoms with Crippen LogP contribution in [0.5, 0.6) is 0 Å². The number of carbonyl (C=O) groups is 1. The summed E-state index contributed by atoms with van der Waals surface area (Å²) in [6, 6.07) is 14.6. The van der Waals surface area contributed by atoms with Gasteiger partial charge in [0.15, 0.2) is 5.82 Å². The Morgan fingerprint density at radius 2 is 1.69 bits per heavy atom. The van der Waals surface area contributed by atoms with Crippen LogP contribution in [0.4, 0.5) is 10.2 Å².